The molecule has 1 aromatic carbocycles. The average molecular weight is 336 g/mol. The molecule has 5 heteroatoms. The number of rotatable bonds is 4. The summed E-state index contributed by atoms with van der Waals surface area (Å²) in [7, 11) is 0. The molecule has 1 fully saturated rings. The summed E-state index contributed by atoms with van der Waals surface area (Å²) in [5.74, 6) is 0.432. The third-order valence-electron chi connectivity index (χ3n) is 4.49. The lowest BCUT2D eigenvalue weighted by Gasteiger charge is -2.22. The van der Waals surface area contributed by atoms with E-state index >= 15 is 0 Å². The highest BCUT2D eigenvalue weighted by molar-refractivity contribution is 6.33. The van der Waals surface area contributed by atoms with Gasteiger partial charge in [-0.25, -0.2) is 0 Å². The summed E-state index contributed by atoms with van der Waals surface area (Å²) in [6, 6.07) is 1.92. The first-order valence-electron chi connectivity index (χ1n) is 8.06. The van der Waals surface area contributed by atoms with E-state index in [1.54, 1.807) is 6.26 Å². The molecular formula is C18H22ClNO3. The molecule has 1 saturated heterocycles. The van der Waals surface area contributed by atoms with E-state index in [0.717, 1.165) is 58.7 Å². The van der Waals surface area contributed by atoms with Crippen LogP contribution >= 0.6 is 11.6 Å². The van der Waals surface area contributed by atoms with Crippen LogP contribution in [-0.2, 0) is 16.0 Å². The maximum absolute atomic E-state index is 12.2. The van der Waals surface area contributed by atoms with Crippen molar-refractivity contribution in [1.82, 2.24) is 5.32 Å². The molecule has 0 bridgehead atoms. The first-order valence-corrected chi connectivity index (χ1v) is 8.44. The molecule has 2 aromatic rings. The van der Waals surface area contributed by atoms with Gasteiger partial charge in [0, 0.05) is 29.1 Å². The second-order valence-electron chi connectivity index (χ2n) is 6.33. The van der Waals surface area contributed by atoms with Crippen LogP contribution in [0.25, 0.3) is 11.0 Å². The van der Waals surface area contributed by atoms with E-state index in [-0.39, 0.29) is 5.91 Å². The number of halogens is 1. The van der Waals surface area contributed by atoms with Crippen LogP contribution in [0.2, 0.25) is 5.02 Å². The fourth-order valence-electron chi connectivity index (χ4n) is 3.20. The molecule has 1 aromatic heterocycles. The number of amides is 1. The normalized spacial score (nSPS) is 18.3. The zero-order valence-electron chi connectivity index (χ0n) is 13.6. The number of aryl methyl sites for hydroxylation is 2. The van der Waals surface area contributed by atoms with Gasteiger partial charge >= 0.3 is 0 Å². The van der Waals surface area contributed by atoms with Crippen LogP contribution in [0.5, 0.6) is 0 Å². The molecule has 1 N–H and O–H groups in total. The van der Waals surface area contributed by atoms with Gasteiger partial charge in [0.1, 0.15) is 5.58 Å². The van der Waals surface area contributed by atoms with Gasteiger partial charge in [-0.2, -0.15) is 0 Å². The van der Waals surface area contributed by atoms with Crippen LogP contribution in [0, 0.1) is 19.8 Å². The molecule has 0 saturated carbocycles. The van der Waals surface area contributed by atoms with Crippen LogP contribution in [0.3, 0.4) is 0 Å². The van der Waals surface area contributed by atoms with Crippen molar-refractivity contribution in [3.05, 3.63) is 34.0 Å². The minimum Gasteiger partial charge on any atom is -0.464 e. The topological polar surface area (TPSA) is 51.5 Å². The number of furan rings is 1. The van der Waals surface area contributed by atoms with Gasteiger partial charge in [0.25, 0.3) is 0 Å². The summed E-state index contributed by atoms with van der Waals surface area (Å²) < 4.78 is 11.0. The number of fused-ring (bicyclic) bond motifs is 1. The maximum Gasteiger partial charge on any atom is 0.224 e. The van der Waals surface area contributed by atoms with Crippen molar-refractivity contribution in [2.75, 3.05) is 19.8 Å². The minimum absolute atomic E-state index is 0.00868. The standard InChI is InChI=1S/C18H22ClNO3/c1-11-6-15-17(12(2)18(11)19)14(10-23-15)7-16(21)20-8-13-4-3-5-22-9-13/h6,10,13H,3-5,7-9H2,1-2H3,(H,20,21)/t13-/m1/s1. The second-order valence-corrected chi connectivity index (χ2v) is 6.71. The average Bonchev–Trinajstić information content (AvgIpc) is 2.94. The Bertz CT molecular complexity index is 717. The van der Waals surface area contributed by atoms with Crippen LogP contribution < -0.4 is 5.32 Å². The molecule has 1 aliphatic rings. The van der Waals surface area contributed by atoms with Crippen LogP contribution in [0.15, 0.2) is 16.7 Å². The van der Waals surface area contributed by atoms with Crippen molar-refractivity contribution in [2.45, 2.75) is 33.1 Å². The Morgan fingerprint density at radius 1 is 1.43 bits per heavy atom. The molecule has 23 heavy (non-hydrogen) atoms. The van der Waals surface area contributed by atoms with E-state index in [1.807, 2.05) is 19.9 Å². The minimum atomic E-state index is 0.00868. The largest absolute Gasteiger partial charge is 0.464 e. The zero-order chi connectivity index (χ0) is 16.4. The Labute approximate surface area is 141 Å². The Morgan fingerprint density at radius 2 is 2.26 bits per heavy atom. The molecule has 0 unspecified atom stereocenters. The summed E-state index contributed by atoms with van der Waals surface area (Å²) >= 11 is 6.33. The van der Waals surface area contributed by atoms with Gasteiger partial charge in [-0.15, -0.1) is 0 Å². The SMILES string of the molecule is Cc1cc2occ(CC(=O)NC[C@H]3CCCOC3)c2c(C)c1Cl. The molecule has 0 aliphatic carbocycles. The molecule has 1 aliphatic heterocycles. The molecule has 124 valence electrons. The monoisotopic (exact) mass is 335 g/mol. The van der Waals surface area contributed by atoms with Crippen molar-refractivity contribution in [3.63, 3.8) is 0 Å². The summed E-state index contributed by atoms with van der Waals surface area (Å²) in [5.41, 5.74) is 3.63. The number of hydrogen-bond acceptors (Lipinski definition) is 3. The second kappa shape index (κ2) is 6.93. The van der Waals surface area contributed by atoms with Crippen LogP contribution in [-0.4, -0.2) is 25.7 Å². The van der Waals surface area contributed by atoms with E-state index < -0.39 is 0 Å². The predicted molar refractivity (Wildman–Crippen MR) is 91.0 cm³/mol. The van der Waals surface area contributed by atoms with Crippen molar-refractivity contribution in [3.8, 4) is 0 Å². The summed E-state index contributed by atoms with van der Waals surface area (Å²) in [6.45, 7) is 6.17. The van der Waals surface area contributed by atoms with E-state index in [0.29, 0.717) is 18.9 Å². The molecule has 2 heterocycles. The van der Waals surface area contributed by atoms with Gasteiger partial charge in [-0.1, -0.05) is 11.6 Å². The van der Waals surface area contributed by atoms with Crippen molar-refractivity contribution in [1.29, 1.82) is 0 Å². The lowest BCUT2D eigenvalue weighted by Crippen LogP contribution is -2.34. The van der Waals surface area contributed by atoms with Gasteiger partial charge in [0.05, 0.1) is 19.3 Å². The fraction of sp³-hybridized carbons (Fsp3) is 0.500. The summed E-state index contributed by atoms with van der Waals surface area (Å²) in [4.78, 5) is 12.2. The number of nitrogens with one attached hydrogen (secondary N) is 1. The van der Waals surface area contributed by atoms with Gasteiger partial charge in [-0.3, -0.25) is 4.79 Å². The van der Waals surface area contributed by atoms with Crippen LogP contribution in [0.1, 0.15) is 29.5 Å². The van der Waals surface area contributed by atoms with Gasteiger partial charge in [0.2, 0.25) is 5.91 Å². The number of carbonyl (C=O) groups excluding carboxylic acids is 1. The van der Waals surface area contributed by atoms with Crippen LogP contribution in [0.4, 0.5) is 0 Å². The van der Waals surface area contributed by atoms with Gasteiger partial charge in [0.15, 0.2) is 0 Å². The molecule has 1 atom stereocenters. The Hall–Kier alpha value is -1.52. The number of carbonyl (C=O) groups is 1. The number of ether oxygens (including phenoxy) is 1. The smallest absolute Gasteiger partial charge is 0.224 e. The fourth-order valence-corrected chi connectivity index (χ4v) is 3.35. The third kappa shape index (κ3) is 3.54. The Kier molecular flexibility index (Phi) is 4.93. The number of benzene rings is 1. The van der Waals surface area contributed by atoms with Crippen molar-refractivity contribution < 1.29 is 13.9 Å². The highest BCUT2D eigenvalue weighted by atomic mass is 35.5. The molecule has 4 nitrogen and oxygen atoms in total. The predicted octanol–water partition coefficient (Wildman–Crippen LogP) is 3.79. The molecular weight excluding hydrogens is 314 g/mol. The third-order valence-corrected chi connectivity index (χ3v) is 5.07. The maximum atomic E-state index is 12.2. The summed E-state index contributed by atoms with van der Waals surface area (Å²) in [6.07, 6.45) is 4.16. The Morgan fingerprint density at radius 3 is 3.00 bits per heavy atom. The van der Waals surface area contributed by atoms with E-state index in [1.165, 1.54) is 0 Å². The molecule has 1 amide bonds. The van der Waals surface area contributed by atoms with Gasteiger partial charge in [-0.05, 0) is 49.8 Å². The molecule has 0 spiro atoms. The quantitative estimate of drug-likeness (QED) is 0.924. The lowest BCUT2D eigenvalue weighted by atomic mass is 10.0. The Balaban J connectivity index is 1.69. The van der Waals surface area contributed by atoms with E-state index in [4.69, 9.17) is 20.8 Å². The highest BCUT2D eigenvalue weighted by Gasteiger charge is 2.18. The summed E-state index contributed by atoms with van der Waals surface area (Å²) in [5, 5.41) is 4.70. The number of hydrogen-bond donors (Lipinski definition) is 1. The first-order chi connectivity index (χ1) is 11.1. The van der Waals surface area contributed by atoms with Gasteiger partial charge < -0.3 is 14.5 Å². The lowest BCUT2D eigenvalue weighted by molar-refractivity contribution is -0.120. The molecule has 3 rings (SSSR count). The van der Waals surface area contributed by atoms with E-state index in [9.17, 15) is 4.79 Å². The molecule has 0 radical (unpaired) electrons. The van der Waals surface area contributed by atoms with Crippen molar-refractivity contribution >= 4 is 28.5 Å². The van der Waals surface area contributed by atoms with E-state index in [2.05, 4.69) is 5.32 Å². The highest BCUT2D eigenvalue weighted by Crippen LogP contribution is 2.32. The zero-order valence-corrected chi connectivity index (χ0v) is 14.3. The van der Waals surface area contributed by atoms with Crippen molar-refractivity contribution in [2.24, 2.45) is 5.92 Å². The first kappa shape index (κ1) is 16.3.